The minimum atomic E-state index is -4.10. The van der Waals surface area contributed by atoms with Crippen LogP contribution < -0.4 is 9.46 Å². The zero-order chi connectivity index (χ0) is 27.4. The summed E-state index contributed by atoms with van der Waals surface area (Å²) in [6.45, 7) is 0.511. The second kappa shape index (κ2) is 11.0. The number of hydrogen-bond acceptors (Lipinski definition) is 6. The van der Waals surface area contributed by atoms with E-state index in [0.29, 0.717) is 29.0 Å². The summed E-state index contributed by atoms with van der Waals surface area (Å²) in [5.74, 6) is 0.727. The number of carbonyl (C=O) groups is 1. The van der Waals surface area contributed by atoms with Crippen LogP contribution in [0.25, 0.3) is 10.9 Å². The fourth-order valence-electron chi connectivity index (χ4n) is 4.30. The molecule has 2 heterocycles. The Balaban J connectivity index is 1.55. The summed E-state index contributed by atoms with van der Waals surface area (Å²) >= 11 is 0. The van der Waals surface area contributed by atoms with Gasteiger partial charge < -0.3 is 14.2 Å². The molecule has 9 nitrogen and oxygen atoms in total. The number of hydrogen-bond donors (Lipinski definition) is 1. The van der Waals surface area contributed by atoms with E-state index in [4.69, 9.17) is 4.74 Å². The van der Waals surface area contributed by atoms with Gasteiger partial charge in [0.1, 0.15) is 16.5 Å². The van der Waals surface area contributed by atoms with Gasteiger partial charge in [-0.3, -0.25) is 14.5 Å². The summed E-state index contributed by atoms with van der Waals surface area (Å²) < 4.78 is 37.0. The zero-order valence-corrected chi connectivity index (χ0v) is 22.3. The number of carbonyl (C=O) groups excluding carboxylic acids is 1. The highest BCUT2D eigenvalue weighted by Gasteiger charge is 2.25. The maximum atomic E-state index is 14.1. The summed E-state index contributed by atoms with van der Waals surface area (Å²) in [5.41, 5.74) is 1.55. The molecule has 1 N–H and O–H groups in total. The number of para-hydroxylation sites is 1. The molecule has 2 aromatic heterocycles. The van der Waals surface area contributed by atoms with E-state index in [1.54, 1.807) is 47.6 Å². The van der Waals surface area contributed by atoms with Crippen molar-refractivity contribution in [3.8, 4) is 5.75 Å². The van der Waals surface area contributed by atoms with Gasteiger partial charge in [-0.25, -0.2) is 13.4 Å². The lowest BCUT2D eigenvalue weighted by Crippen LogP contribution is -2.32. The monoisotopic (exact) mass is 541 g/mol. The number of methoxy groups -OCH3 is 1. The van der Waals surface area contributed by atoms with Gasteiger partial charge >= 0.3 is 0 Å². The smallest absolute Gasteiger partial charge is 0.264 e. The Kier molecular flexibility index (Phi) is 7.29. The summed E-state index contributed by atoms with van der Waals surface area (Å²) in [6, 6.07) is 22.7. The SMILES string of the molecule is COc1ccc(NS(=O)(=O)c2cccc3cccnc23)c(C(=O)N(Cc2ccccc2)Cc2nccn2C)c1. The molecule has 0 aliphatic heterocycles. The molecule has 0 saturated carbocycles. The van der Waals surface area contributed by atoms with Crippen LogP contribution in [0.1, 0.15) is 21.7 Å². The highest BCUT2D eigenvalue weighted by atomic mass is 32.2. The molecule has 0 unspecified atom stereocenters. The number of sulfonamides is 1. The third-order valence-corrected chi connectivity index (χ3v) is 7.74. The number of rotatable bonds is 9. The van der Waals surface area contributed by atoms with E-state index >= 15 is 0 Å². The van der Waals surface area contributed by atoms with Gasteiger partial charge in [-0.15, -0.1) is 0 Å². The number of amides is 1. The van der Waals surface area contributed by atoms with Crippen molar-refractivity contribution in [1.29, 1.82) is 0 Å². The molecule has 198 valence electrons. The number of benzene rings is 3. The van der Waals surface area contributed by atoms with Crippen LogP contribution in [0.3, 0.4) is 0 Å². The number of fused-ring (bicyclic) bond motifs is 1. The first-order chi connectivity index (χ1) is 18.9. The lowest BCUT2D eigenvalue weighted by Gasteiger charge is -2.24. The molecule has 0 saturated heterocycles. The van der Waals surface area contributed by atoms with Crippen molar-refractivity contribution >= 4 is 32.5 Å². The Bertz CT molecular complexity index is 1730. The van der Waals surface area contributed by atoms with Crippen LogP contribution >= 0.6 is 0 Å². The van der Waals surface area contributed by atoms with E-state index < -0.39 is 10.0 Å². The van der Waals surface area contributed by atoms with Gasteiger partial charge in [0.15, 0.2) is 0 Å². The van der Waals surface area contributed by atoms with Crippen molar-refractivity contribution in [1.82, 2.24) is 19.4 Å². The van der Waals surface area contributed by atoms with Gasteiger partial charge in [-0.05, 0) is 35.9 Å². The third-order valence-electron chi connectivity index (χ3n) is 6.34. The zero-order valence-electron chi connectivity index (χ0n) is 21.5. The van der Waals surface area contributed by atoms with Crippen LogP contribution in [0.2, 0.25) is 0 Å². The van der Waals surface area contributed by atoms with Gasteiger partial charge in [0.25, 0.3) is 15.9 Å². The average molecular weight is 542 g/mol. The van der Waals surface area contributed by atoms with E-state index in [-0.39, 0.29) is 28.6 Å². The molecule has 0 aliphatic rings. The van der Waals surface area contributed by atoms with E-state index in [2.05, 4.69) is 14.7 Å². The second-order valence-corrected chi connectivity index (χ2v) is 10.6. The summed E-state index contributed by atoms with van der Waals surface area (Å²) in [4.78, 5) is 24.4. The van der Waals surface area contributed by atoms with E-state index in [9.17, 15) is 13.2 Å². The predicted molar refractivity (Wildman–Crippen MR) is 149 cm³/mol. The average Bonchev–Trinajstić information content (AvgIpc) is 3.36. The highest BCUT2D eigenvalue weighted by Crippen LogP contribution is 2.29. The maximum Gasteiger partial charge on any atom is 0.264 e. The summed E-state index contributed by atoms with van der Waals surface area (Å²) in [5, 5.41) is 0.690. The fourth-order valence-corrected chi connectivity index (χ4v) is 5.56. The molecular formula is C29H27N5O4S. The van der Waals surface area contributed by atoms with Gasteiger partial charge in [0, 0.05) is 37.6 Å². The number of pyridine rings is 1. The van der Waals surface area contributed by atoms with Crippen LogP contribution in [0, 0.1) is 0 Å². The van der Waals surface area contributed by atoms with E-state index in [1.165, 1.54) is 25.3 Å². The largest absolute Gasteiger partial charge is 0.497 e. The predicted octanol–water partition coefficient (Wildman–Crippen LogP) is 4.62. The Labute approximate surface area is 226 Å². The van der Waals surface area contributed by atoms with Crippen molar-refractivity contribution < 1.29 is 17.9 Å². The molecule has 0 atom stereocenters. The quantitative estimate of drug-likeness (QED) is 0.292. The van der Waals surface area contributed by atoms with Crippen molar-refractivity contribution in [2.75, 3.05) is 11.8 Å². The topological polar surface area (TPSA) is 106 Å². The first-order valence-corrected chi connectivity index (χ1v) is 13.7. The van der Waals surface area contributed by atoms with Crippen LogP contribution in [0.5, 0.6) is 5.75 Å². The number of anilines is 1. The van der Waals surface area contributed by atoms with Crippen molar-refractivity contribution in [2.45, 2.75) is 18.0 Å². The third kappa shape index (κ3) is 5.60. The number of aryl methyl sites for hydroxylation is 1. The highest BCUT2D eigenvalue weighted by molar-refractivity contribution is 7.93. The van der Waals surface area contributed by atoms with Gasteiger partial charge in [-0.2, -0.15) is 0 Å². The number of imidazole rings is 1. The molecule has 0 spiro atoms. The molecule has 0 aliphatic carbocycles. The van der Waals surface area contributed by atoms with E-state index in [0.717, 1.165) is 5.56 Å². The van der Waals surface area contributed by atoms with Crippen molar-refractivity contribution in [2.24, 2.45) is 7.05 Å². The first kappa shape index (κ1) is 25.9. The number of aromatic nitrogens is 3. The van der Waals surface area contributed by atoms with Gasteiger partial charge in [-0.1, -0.05) is 48.5 Å². The minimum Gasteiger partial charge on any atom is -0.497 e. The molecule has 3 aromatic carbocycles. The normalized spacial score (nSPS) is 11.3. The molecule has 10 heteroatoms. The van der Waals surface area contributed by atoms with Crippen molar-refractivity contribution in [3.63, 3.8) is 0 Å². The molecule has 5 aromatic rings. The van der Waals surface area contributed by atoms with Gasteiger partial charge in [0.2, 0.25) is 0 Å². The van der Waals surface area contributed by atoms with E-state index in [1.807, 2.05) is 48.1 Å². The lowest BCUT2D eigenvalue weighted by molar-refractivity contribution is 0.0725. The fraction of sp³-hybridized carbons (Fsp3) is 0.138. The standard InChI is InChI=1S/C29H27N5O4S/c1-33-17-16-30-27(33)20-34(19-21-8-4-3-5-9-21)29(35)24-18-23(38-2)13-14-25(24)32-39(36,37)26-12-6-10-22-11-7-15-31-28(22)26/h3-18,32H,19-20H2,1-2H3. The molecule has 1 amide bonds. The summed E-state index contributed by atoms with van der Waals surface area (Å²) in [7, 11) is -0.748. The van der Waals surface area contributed by atoms with Crippen molar-refractivity contribution in [3.05, 3.63) is 114 Å². The molecule has 39 heavy (non-hydrogen) atoms. The van der Waals surface area contributed by atoms with Crippen LogP contribution in [-0.4, -0.2) is 40.9 Å². The Morgan fingerprint density at radius 1 is 0.949 bits per heavy atom. The molecule has 5 rings (SSSR count). The number of nitrogens with one attached hydrogen (secondary N) is 1. The lowest BCUT2D eigenvalue weighted by atomic mass is 10.1. The minimum absolute atomic E-state index is 0.0176. The van der Waals surface area contributed by atoms with Crippen LogP contribution in [0.4, 0.5) is 5.69 Å². The second-order valence-electron chi connectivity index (χ2n) is 8.95. The maximum absolute atomic E-state index is 14.1. The molecular weight excluding hydrogens is 514 g/mol. The Morgan fingerprint density at radius 3 is 2.49 bits per heavy atom. The number of ether oxygens (including phenoxy) is 1. The summed E-state index contributed by atoms with van der Waals surface area (Å²) in [6.07, 6.45) is 5.02. The van der Waals surface area contributed by atoms with Crippen LogP contribution in [0.15, 0.2) is 102 Å². The Hall–Kier alpha value is -4.70. The Morgan fingerprint density at radius 2 is 1.74 bits per heavy atom. The number of nitrogens with zero attached hydrogens (tertiary/aromatic N) is 4. The molecule has 0 radical (unpaired) electrons. The molecule has 0 fully saturated rings. The van der Waals surface area contributed by atoms with Crippen LogP contribution in [-0.2, 0) is 30.2 Å². The molecule has 0 bridgehead atoms. The first-order valence-electron chi connectivity index (χ1n) is 12.2. The van der Waals surface area contributed by atoms with Gasteiger partial charge in [0.05, 0.1) is 30.4 Å².